The van der Waals surface area contributed by atoms with Gasteiger partial charge in [-0.15, -0.1) is 11.3 Å². The van der Waals surface area contributed by atoms with Crippen LogP contribution in [0, 0.1) is 0 Å². The van der Waals surface area contributed by atoms with Gasteiger partial charge in [0.25, 0.3) is 6.47 Å². The molecular formula is C10H11NO2S. The summed E-state index contributed by atoms with van der Waals surface area (Å²) in [6, 6.07) is 4.12. The molecule has 0 saturated heterocycles. The highest BCUT2D eigenvalue weighted by molar-refractivity contribution is 7.17. The lowest BCUT2D eigenvalue weighted by atomic mass is 10.3. The third-order valence-corrected chi connectivity index (χ3v) is 2.36. The Morgan fingerprint density at radius 1 is 1.57 bits per heavy atom. The average molecular weight is 209 g/mol. The van der Waals surface area contributed by atoms with Gasteiger partial charge < -0.3 is 4.74 Å². The fourth-order valence-corrected chi connectivity index (χ4v) is 1.63. The quantitative estimate of drug-likeness (QED) is 0.713. The van der Waals surface area contributed by atoms with E-state index in [2.05, 4.69) is 21.2 Å². The van der Waals surface area contributed by atoms with Gasteiger partial charge in [-0.05, 0) is 29.8 Å². The molecule has 2 rings (SSSR count). The van der Waals surface area contributed by atoms with E-state index in [9.17, 15) is 4.79 Å². The predicted octanol–water partition coefficient (Wildman–Crippen LogP) is 2.48. The van der Waals surface area contributed by atoms with Gasteiger partial charge in [0.1, 0.15) is 0 Å². The van der Waals surface area contributed by atoms with E-state index in [1.807, 2.05) is 18.5 Å². The number of fused-ring (bicyclic) bond motifs is 1. The molecule has 2 heterocycles. The molecule has 0 aliphatic heterocycles. The van der Waals surface area contributed by atoms with Crippen LogP contribution in [-0.4, -0.2) is 18.1 Å². The van der Waals surface area contributed by atoms with Gasteiger partial charge in [-0.1, -0.05) is 0 Å². The van der Waals surface area contributed by atoms with Crippen LogP contribution in [0.2, 0.25) is 0 Å². The molecule has 0 bridgehead atoms. The second-order valence-electron chi connectivity index (χ2n) is 2.39. The van der Waals surface area contributed by atoms with Gasteiger partial charge in [-0.3, -0.25) is 9.78 Å². The van der Waals surface area contributed by atoms with Gasteiger partial charge in [0.15, 0.2) is 0 Å². The summed E-state index contributed by atoms with van der Waals surface area (Å²) in [6.45, 7) is 2.66. The Kier molecular flexibility index (Phi) is 4.64. The molecule has 0 aliphatic rings. The summed E-state index contributed by atoms with van der Waals surface area (Å²) in [7, 11) is 0. The Hall–Kier alpha value is -1.42. The number of carbonyl (C=O) groups excluding carboxylic acids is 1. The van der Waals surface area contributed by atoms with E-state index in [1.165, 1.54) is 10.1 Å². The maximum Gasteiger partial charge on any atom is 0.293 e. The van der Waals surface area contributed by atoms with Gasteiger partial charge in [-0.2, -0.15) is 0 Å². The first-order chi connectivity index (χ1) is 6.88. The van der Waals surface area contributed by atoms with E-state index in [0.717, 1.165) is 0 Å². The van der Waals surface area contributed by atoms with Crippen molar-refractivity contribution in [3.8, 4) is 0 Å². The minimum absolute atomic E-state index is 0.431. The van der Waals surface area contributed by atoms with Crippen LogP contribution in [0.5, 0.6) is 0 Å². The zero-order valence-corrected chi connectivity index (χ0v) is 8.66. The van der Waals surface area contributed by atoms with Crippen molar-refractivity contribution in [3.05, 3.63) is 29.9 Å². The van der Waals surface area contributed by atoms with Gasteiger partial charge in [0.05, 0.1) is 11.3 Å². The smallest absolute Gasteiger partial charge is 0.293 e. The summed E-state index contributed by atoms with van der Waals surface area (Å²) < 4.78 is 5.41. The fraction of sp³-hybridized carbons (Fsp3) is 0.200. The zero-order chi connectivity index (χ0) is 10.2. The van der Waals surface area contributed by atoms with Crippen molar-refractivity contribution in [2.75, 3.05) is 6.61 Å². The number of pyridine rings is 1. The average Bonchev–Trinajstić information content (AvgIpc) is 2.67. The Balaban J connectivity index is 0.000000171. The second-order valence-corrected chi connectivity index (χ2v) is 3.33. The monoisotopic (exact) mass is 209 g/mol. The molecule has 0 atom stereocenters. The van der Waals surface area contributed by atoms with E-state index >= 15 is 0 Å². The molecule has 0 aliphatic carbocycles. The maximum absolute atomic E-state index is 9.18. The molecule has 0 unspecified atom stereocenters. The van der Waals surface area contributed by atoms with Crippen LogP contribution in [0.4, 0.5) is 0 Å². The standard InChI is InChI=1S/C7H5NS.C3H6O2/c1-3-8-5-7-6(1)2-4-9-7;1-2-5-3-4/h1-5H;3H,2H2,1H3. The van der Waals surface area contributed by atoms with E-state index < -0.39 is 0 Å². The van der Waals surface area contributed by atoms with Crippen LogP contribution in [0.25, 0.3) is 10.1 Å². The van der Waals surface area contributed by atoms with Gasteiger partial charge in [-0.25, -0.2) is 0 Å². The Morgan fingerprint density at radius 3 is 3.00 bits per heavy atom. The highest BCUT2D eigenvalue weighted by Gasteiger charge is 1.88. The summed E-state index contributed by atoms with van der Waals surface area (Å²) >= 11 is 1.72. The minimum atomic E-state index is 0.431. The lowest BCUT2D eigenvalue weighted by molar-refractivity contribution is -0.128. The van der Waals surface area contributed by atoms with Crippen molar-refractivity contribution < 1.29 is 9.53 Å². The summed E-state index contributed by atoms with van der Waals surface area (Å²) in [4.78, 5) is 13.2. The van der Waals surface area contributed by atoms with Crippen molar-refractivity contribution in [2.24, 2.45) is 0 Å². The minimum Gasteiger partial charge on any atom is -0.468 e. The first-order valence-electron chi connectivity index (χ1n) is 4.21. The summed E-state index contributed by atoms with van der Waals surface area (Å²) in [6.07, 6.45) is 3.70. The third-order valence-electron chi connectivity index (χ3n) is 1.49. The molecule has 0 radical (unpaired) electrons. The Labute approximate surface area is 86.3 Å². The predicted molar refractivity (Wildman–Crippen MR) is 57.3 cm³/mol. The molecule has 14 heavy (non-hydrogen) atoms. The molecule has 2 aromatic heterocycles. The number of nitrogens with zero attached hydrogens (tertiary/aromatic N) is 1. The normalized spacial score (nSPS) is 8.93. The molecule has 0 amide bonds. The lowest BCUT2D eigenvalue weighted by Gasteiger charge is -1.81. The summed E-state index contributed by atoms with van der Waals surface area (Å²) in [5, 5.41) is 3.36. The van der Waals surface area contributed by atoms with Crippen molar-refractivity contribution in [1.29, 1.82) is 0 Å². The first kappa shape index (κ1) is 10.7. The van der Waals surface area contributed by atoms with Crippen molar-refractivity contribution >= 4 is 27.9 Å². The number of rotatable bonds is 2. The third kappa shape index (κ3) is 3.14. The molecule has 3 nitrogen and oxygen atoms in total. The lowest BCUT2D eigenvalue weighted by Crippen LogP contribution is -1.80. The van der Waals surface area contributed by atoms with Crippen molar-refractivity contribution in [1.82, 2.24) is 4.98 Å². The molecule has 74 valence electrons. The van der Waals surface area contributed by atoms with Crippen LogP contribution < -0.4 is 0 Å². The van der Waals surface area contributed by atoms with Crippen molar-refractivity contribution in [2.45, 2.75) is 6.92 Å². The van der Waals surface area contributed by atoms with Crippen LogP contribution >= 0.6 is 11.3 Å². The Morgan fingerprint density at radius 2 is 2.43 bits per heavy atom. The number of hydrogen-bond donors (Lipinski definition) is 0. The molecule has 0 aromatic carbocycles. The van der Waals surface area contributed by atoms with Crippen LogP contribution in [-0.2, 0) is 9.53 Å². The van der Waals surface area contributed by atoms with Crippen LogP contribution in [0.15, 0.2) is 29.9 Å². The fourth-order valence-electron chi connectivity index (χ4n) is 0.876. The Bertz CT molecular complexity index is 356. The summed E-state index contributed by atoms with van der Waals surface area (Å²) in [5.74, 6) is 0. The molecule has 0 saturated carbocycles. The topological polar surface area (TPSA) is 39.2 Å². The highest BCUT2D eigenvalue weighted by Crippen LogP contribution is 2.17. The number of ether oxygens (including phenoxy) is 1. The molecule has 2 aromatic rings. The SMILES string of the molecule is CCOC=O.c1cc2ccsc2cn1. The van der Waals surface area contributed by atoms with E-state index in [0.29, 0.717) is 13.1 Å². The van der Waals surface area contributed by atoms with Gasteiger partial charge >= 0.3 is 0 Å². The highest BCUT2D eigenvalue weighted by atomic mass is 32.1. The van der Waals surface area contributed by atoms with Crippen LogP contribution in [0.1, 0.15) is 6.92 Å². The van der Waals surface area contributed by atoms with Gasteiger partial charge in [0, 0.05) is 12.4 Å². The number of thiophene rings is 1. The van der Waals surface area contributed by atoms with Crippen molar-refractivity contribution in [3.63, 3.8) is 0 Å². The molecular weight excluding hydrogens is 198 g/mol. The zero-order valence-electron chi connectivity index (χ0n) is 7.84. The first-order valence-corrected chi connectivity index (χ1v) is 5.09. The van der Waals surface area contributed by atoms with E-state index in [1.54, 1.807) is 18.3 Å². The molecule has 0 spiro atoms. The van der Waals surface area contributed by atoms with Gasteiger partial charge in [0.2, 0.25) is 0 Å². The maximum atomic E-state index is 9.18. The number of hydrogen-bond acceptors (Lipinski definition) is 4. The van der Waals surface area contributed by atoms with E-state index in [-0.39, 0.29) is 0 Å². The largest absolute Gasteiger partial charge is 0.468 e. The molecule has 0 fully saturated rings. The molecule has 0 N–H and O–H groups in total. The second kappa shape index (κ2) is 6.10. The van der Waals surface area contributed by atoms with E-state index in [4.69, 9.17) is 0 Å². The molecule has 4 heteroatoms. The van der Waals surface area contributed by atoms with Crippen LogP contribution in [0.3, 0.4) is 0 Å². The number of aromatic nitrogens is 1. The summed E-state index contributed by atoms with van der Waals surface area (Å²) in [5.41, 5.74) is 0. The number of carbonyl (C=O) groups is 1.